The second kappa shape index (κ2) is 4.55. The highest BCUT2D eigenvalue weighted by molar-refractivity contribution is 14.1. The van der Waals surface area contributed by atoms with Gasteiger partial charge in [-0.05, 0) is 35.6 Å². The highest BCUT2D eigenvalue weighted by Gasteiger charge is 2.07. The minimum absolute atomic E-state index is 0.301. The third-order valence-electron chi connectivity index (χ3n) is 1.48. The molecule has 0 aliphatic rings. The van der Waals surface area contributed by atoms with Crippen LogP contribution in [0.1, 0.15) is 17.3 Å². The van der Waals surface area contributed by atoms with Gasteiger partial charge in [0, 0.05) is 9.64 Å². The molecule has 0 radical (unpaired) electrons. The van der Waals surface area contributed by atoms with Crippen LogP contribution in [-0.4, -0.2) is 12.9 Å². The Bertz CT molecular complexity index is 326. The van der Waals surface area contributed by atoms with E-state index in [9.17, 15) is 9.18 Å². The van der Waals surface area contributed by atoms with Crippen LogP contribution >= 0.6 is 22.6 Å². The number of carbonyl (C=O) groups excluding carboxylic acids is 1. The van der Waals surface area contributed by atoms with Crippen LogP contribution in [0.4, 0.5) is 4.39 Å². The SMILES string of the molecule is CCOc1cc(F)c(I)cc1C=O. The molecule has 0 aliphatic carbocycles. The van der Waals surface area contributed by atoms with E-state index >= 15 is 0 Å². The number of halogens is 2. The number of benzene rings is 1. The molecule has 2 nitrogen and oxygen atoms in total. The first-order chi connectivity index (χ1) is 6.19. The molecule has 0 aliphatic heterocycles. The zero-order valence-corrected chi connectivity index (χ0v) is 9.17. The first kappa shape index (κ1) is 10.4. The second-order valence-electron chi connectivity index (χ2n) is 2.36. The van der Waals surface area contributed by atoms with Crippen LogP contribution in [0.15, 0.2) is 12.1 Å². The van der Waals surface area contributed by atoms with Crippen LogP contribution < -0.4 is 4.74 Å². The van der Waals surface area contributed by atoms with Gasteiger partial charge < -0.3 is 4.74 Å². The van der Waals surface area contributed by atoms with Crippen LogP contribution in [0.5, 0.6) is 5.75 Å². The highest BCUT2D eigenvalue weighted by Crippen LogP contribution is 2.22. The molecule has 0 saturated heterocycles. The standard InChI is InChI=1S/C9H8FIO2/c1-2-13-9-4-7(10)8(11)3-6(9)5-12/h3-5H,2H2,1H3. The summed E-state index contributed by atoms with van der Waals surface area (Å²) in [5.41, 5.74) is 0.382. The van der Waals surface area contributed by atoms with Crippen LogP contribution in [0.2, 0.25) is 0 Å². The van der Waals surface area contributed by atoms with E-state index in [1.165, 1.54) is 12.1 Å². The average Bonchev–Trinajstić information content (AvgIpc) is 2.11. The number of ether oxygens (including phenoxy) is 1. The number of hydrogen-bond donors (Lipinski definition) is 0. The normalized spacial score (nSPS) is 9.77. The third kappa shape index (κ3) is 2.40. The largest absolute Gasteiger partial charge is 0.493 e. The van der Waals surface area contributed by atoms with Gasteiger partial charge in [-0.2, -0.15) is 0 Å². The van der Waals surface area contributed by atoms with E-state index in [1.807, 2.05) is 22.6 Å². The van der Waals surface area contributed by atoms with Crippen molar-refractivity contribution in [3.63, 3.8) is 0 Å². The Morgan fingerprint density at radius 2 is 2.31 bits per heavy atom. The fourth-order valence-corrected chi connectivity index (χ4v) is 1.41. The number of carbonyl (C=O) groups is 1. The molecule has 0 atom stereocenters. The molecule has 1 aromatic carbocycles. The number of hydrogen-bond acceptors (Lipinski definition) is 2. The Balaban J connectivity index is 3.16. The molecule has 4 heteroatoms. The second-order valence-corrected chi connectivity index (χ2v) is 3.52. The summed E-state index contributed by atoms with van der Waals surface area (Å²) in [4.78, 5) is 10.6. The van der Waals surface area contributed by atoms with Crippen molar-refractivity contribution in [2.75, 3.05) is 6.61 Å². The molecule has 70 valence electrons. The minimum atomic E-state index is -0.366. The van der Waals surface area contributed by atoms with Crippen molar-refractivity contribution in [1.29, 1.82) is 0 Å². The zero-order chi connectivity index (χ0) is 9.84. The van der Waals surface area contributed by atoms with Crippen LogP contribution in [-0.2, 0) is 0 Å². The van der Waals surface area contributed by atoms with Gasteiger partial charge in [0.15, 0.2) is 6.29 Å². The van der Waals surface area contributed by atoms with E-state index in [1.54, 1.807) is 6.92 Å². The van der Waals surface area contributed by atoms with E-state index < -0.39 is 0 Å². The van der Waals surface area contributed by atoms with Crippen LogP contribution in [0, 0.1) is 9.39 Å². The van der Waals surface area contributed by atoms with Crippen LogP contribution in [0.3, 0.4) is 0 Å². The van der Waals surface area contributed by atoms with Crippen molar-refractivity contribution >= 4 is 28.9 Å². The quantitative estimate of drug-likeness (QED) is 0.633. The molecule has 0 aromatic heterocycles. The van der Waals surface area contributed by atoms with E-state index in [-0.39, 0.29) is 5.82 Å². The fourth-order valence-electron chi connectivity index (χ4n) is 0.917. The van der Waals surface area contributed by atoms with Gasteiger partial charge in [0.1, 0.15) is 11.6 Å². The highest BCUT2D eigenvalue weighted by atomic mass is 127. The van der Waals surface area contributed by atoms with Gasteiger partial charge in [-0.25, -0.2) is 4.39 Å². The number of aldehydes is 1. The lowest BCUT2D eigenvalue weighted by molar-refractivity contribution is 0.111. The summed E-state index contributed by atoms with van der Waals surface area (Å²) in [5, 5.41) is 0. The van der Waals surface area contributed by atoms with E-state index in [4.69, 9.17) is 4.74 Å². The summed E-state index contributed by atoms with van der Waals surface area (Å²) in [6, 6.07) is 2.70. The molecule has 1 aromatic rings. The lowest BCUT2D eigenvalue weighted by Crippen LogP contribution is -1.98. The van der Waals surface area contributed by atoms with E-state index in [0.717, 1.165) is 0 Å². The Morgan fingerprint density at radius 3 is 2.85 bits per heavy atom. The molecule has 0 unspecified atom stereocenters. The lowest BCUT2D eigenvalue weighted by Gasteiger charge is -2.06. The molecule has 0 saturated carbocycles. The van der Waals surface area contributed by atoms with Gasteiger partial charge in [0.2, 0.25) is 0 Å². The Labute approximate surface area is 89.2 Å². The maximum absolute atomic E-state index is 13.0. The molecule has 0 N–H and O–H groups in total. The topological polar surface area (TPSA) is 26.3 Å². The van der Waals surface area contributed by atoms with Gasteiger partial charge in [-0.15, -0.1) is 0 Å². The minimum Gasteiger partial charge on any atom is -0.493 e. The summed E-state index contributed by atoms with van der Waals surface area (Å²) in [6.45, 7) is 2.20. The molecule has 0 fully saturated rings. The maximum Gasteiger partial charge on any atom is 0.153 e. The van der Waals surface area contributed by atoms with Gasteiger partial charge in [0.25, 0.3) is 0 Å². The van der Waals surface area contributed by atoms with Crippen molar-refractivity contribution in [1.82, 2.24) is 0 Å². The van der Waals surface area contributed by atoms with Crippen molar-refractivity contribution in [3.8, 4) is 5.75 Å². The molecule has 0 amide bonds. The Morgan fingerprint density at radius 1 is 1.62 bits per heavy atom. The maximum atomic E-state index is 13.0. The molecule has 0 spiro atoms. The molecule has 13 heavy (non-hydrogen) atoms. The van der Waals surface area contributed by atoms with Crippen molar-refractivity contribution in [3.05, 3.63) is 27.1 Å². The van der Waals surface area contributed by atoms with Crippen molar-refractivity contribution in [2.24, 2.45) is 0 Å². The molecular weight excluding hydrogens is 286 g/mol. The van der Waals surface area contributed by atoms with Gasteiger partial charge in [0.05, 0.1) is 12.2 Å². The summed E-state index contributed by atoms with van der Waals surface area (Å²) >= 11 is 1.83. The summed E-state index contributed by atoms with van der Waals surface area (Å²) in [5.74, 6) is -0.0648. The molecule has 0 heterocycles. The number of rotatable bonds is 3. The lowest BCUT2D eigenvalue weighted by atomic mass is 10.2. The molecular formula is C9H8FIO2. The zero-order valence-electron chi connectivity index (χ0n) is 7.01. The summed E-state index contributed by atoms with van der Waals surface area (Å²) in [7, 11) is 0. The van der Waals surface area contributed by atoms with Gasteiger partial charge >= 0.3 is 0 Å². The summed E-state index contributed by atoms with van der Waals surface area (Å²) in [6.07, 6.45) is 0.659. The first-order valence-electron chi connectivity index (χ1n) is 3.76. The first-order valence-corrected chi connectivity index (χ1v) is 4.84. The Kier molecular flexibility index (Phi) is 3.65. The Hall–Kier alpha value is -0.650. The van der Waals surface area contributed by atoms with Crippen LogP contribution in [0.25, 0.3) is 0 Å². The van der Waals surface area contributed by atoms with Crippen molar-refractivity contribution in [2.45, 2.75) is 6.92 Å². The third-order valence-corrected chi connectivity index (χ3v) is 2.31. The average molecular weight is 294 g/mol. The van der Waals surface area contributed by atoms with Gasteiger partial charge in [-0.1, -0.05) is 0 Å². The smallest absolute Gasteiger partial charge is 0.153 e. The molecule has 0 bridgehead atoms. The van der Waals surface area contributed by atoms with Crippen molar-refractivity contribution < 1.29 is 13.9 Å². The predicted octanol–water partition coefficient (Wildman–Crippen LogP) is 2.64. The van der Waals surface area contributed by atoms with Gasteiger partial charge in [-0.3, -0.25) is 4.79 Å². The fraction of sp³-hybridized carbons (Fsp3) is 0.222. The van der Waals surface area contributed by atoms with E-state index in [2.05, 4.69) is 0 Å². The monoisotopic (exact) mass is 294 g/mol. The predicted molar refractivity (Wildman–Crippen MR) is 55.7 cm³/mol. The van der Waals surface area contributed by atoms with E-state index in [0.29, 0.717) is 27.8 Å². The molecule has 1 rings (SSSR count). The summed E-state index contributed by atoms with van der Waals surface area (Å²) < 4.78 is 18.5.